The Morgan fingerprint density at radius 1 is 1.33 bits per heavy atom. The molecule has 1 fully saturated rings. The lowest BCUT2D eigenvalue weighted by Gasteiger charge is -2.27. The van der Waals surface area contributed by atoms with Gasteiger partial charge in [0.25, 0.3) is 11.6 Å². The number of anilines is 1. The van der Waals surface area contributed by atoms with Crippen LogP contribution >= 0.6 is 0 Å². The van der Waals surface area contributed by atoms with Crippen molar-refractivity contribution in [3.8, 4) is 6.01 Å². The third-order valence-electron chi connectivity index (χ3n) is 3.90. The molecule has 3 N–H and O–H groups in total. The van der Waals surface area contributed by atoms with Crippen LogP contribution < -0.4 is 16.0 Å². The van der Waals surface area contributed by atoms with Gasteiger partial charge < -0.3 is 15.2 Å². The number of aromatic amines is 1. The first-order valence-corrected chi connectivity index (χ1v) is 7.14. The smallest absolute Gasteiger partial charge is 0.297 e. The van der Waals surface area contributed by atoms with Gasteiger partial charge in [-0.25, -0.2) is 0 Å². The third-order valence-corrected chi connectivity index (χ3v) is 3.90. The Balaban J connectivity index is 1.84. The van der Waals surface area contributed by atoms with Crippen molar-refractivity contribution in [3.05, 3.63) is 28.6 Å². The second-order valence-electron chi connectivity index (χ2n) is 5.41. The van der Waals surface area contributed by atoms with E-state index >= 15 is 0 Å². The maximum absolute atomic E-state index is 12.1. The summed E-state index contributed by atoms with van der Waals surface area (Å²) < 4.78 is 11.2. The predicted octanol–water partition coefficient (Wildman–Crippen LogP) is 1.84. The van der Waals surface area contributed by atoms with Crippen LogP contribution in [0.5, 0.6) is 6.01 Å². The fraction of sp³-hybridized carbons (Fsp3) is 0.467. The largest absolute Gasteiger partial charge is 0.461 e. The van der Waals surface area contributed by atoms with E-state index in [2.05, 4.69) is 9.97 Å². The Kier molecular flexibility index (Phi) is 3.79. The topological polar surface area (TPSA) is 90.2 Å². The van der Waals surface area contributed by atoms with Gasteiger partial charge in [-0.05, 0) is 37.5 Å². The number of aromatic nitrogens is 2. The first-order valence-electron chi connectivity index (χ1n) is 7.14. The lowest BCUT2D eigenvalue weighted by Crippen LogP contribution is -2.30. The highest BCUT2D eigenvalue weighted by Gasteiger charge is 2.23. The van der Waals surface area contributed by atoms with Crippen molar-refractivity contribution in [2.45, 2.75) is 37.9 Å². The van der Waals surface area contributed by atoms with E-state index in [1.165, 1.54) is 0 Å². The van der Waals surface area contributed by atoms with Crippen LogP contribution in [-0.2, 0) is 4.74 Å². The predicted molar refractivity (Wildman–Crippen MR) is 80.5 cm³/mol. The van der Waals surface area contributed by atoms with E-state index in [1.807, 2.05) is 0 Å². The van der Waals surface area contributed by atoms with E-state index in [1.54, 1.807) is 25.3 Å². The molecule has 0 spiro atoms. The number of nitrogens with two attached hydrogens (primary N) is 1. The van der Waals surface area contributed by atoms with Gasteiger partial charge in [-0.1, -0.05) is 0 Å². The lowest BCUT2D eigenvalue weighted by atomic mass is 9.95. The summed E-state index contributed by atoms with van der Waals surface area (Å²) in [6, 6.07) is 5.33. The van der Waals surface area contributed by atoms with Crippen LogP contribution in [0.1, 0.15) is 25.7 Å². The fourth-order valence-corrected chi connectivity index (χ4v) is 2.77. The van der Waals surface area contributed by atoms with Crippen LogP contribution in [0.3, 0.4) is 0 Å². The molecular weight excluding hydrogens is 270 g/mol. The molecular formula is C15H19N3O3. The van der Waals surface area contributed by atoms with Crippen molar-refractivity contribution in [2.24, 2.45) is 0 Å². The van der Waals surface area contributed by atoms with Crippen LogP contribution in [0.25, 0.3) is 10.9 Å². The summed E-state index contributed by atoms with van der Waals surface area (Å²) in [6.07, 6.45) is 4.12. The number of hydrogen-bond donors (Lipinski definition) is 2. The summed E-state index contributed by atoms with van der Waals surface area (Å²) in [5.74, 6) is 0. The molecule has 2 unspecified atom stereocenters. The fourth-order valence-electron chi connectivity index (χ4n) is 2.77. The summed E-state index contributed by atoms with van der Waals surface area (Å²) in [5, 5.41) is 0.473. The third kappa shape index (κ3) is 3.00. The Morgan fingerprint density at radius 3 is 2.95 bits per heavy atom. The minimum Gasteiger partial charge on any atom is -0.461 e. The van der Waals surface area contributed by atoms with Gasteiger partial charge >= 0.3 is 0 Å². The maximum Gasteiger partial charge on any atom is 0.297 e. The first kappa shape index (κ1) is 13.9. The second kappa shape index (κ2) is 5.73. The van der Waals surface area contributed by atoms with Gasteiger partial charge in [-0.15, -0.1) is 0 Å². The quantitative estimate of drug-likeness (QED) is 0.841. The highest BCUT2D eigenvalue weighted by atomic mass is 16.5. The number of rotatable bonds is 3. The molecule has 1 aromatic carbocycles. The molecule has 0 aliphatic heterocycles. The Bertz CT molecular complexity index is 698. The average Bonchev–Trinajstić information content (AvgIpc) is 2.48. The summed E-state index contributed by atoms with van der Waals surface area (Å²) in [7, 11) is 1.72. The zero-order chi connectivity index (χ0) is 14.8. The molecule has 3 rings (SSSR count). The number of hydrogen-bond acceptors (Lipinski definition) is 5. The van der Waals surface area contributed by atoms with Crippen LogP contribution in [0, 0.1) is 0 Å². The van der Waals surface area contributed by atoms with Gasteiger partial charge in [0.15, 0.2) is 0 Å². The lowest BCUT2D eigenvalue weighted by molar-refractivity contribution is 0.0179. The molecule has 21 heavy (non-hydrogen) atoms. The molecule has 2 aromatic rings. The first-order chi connectivity index (χ1) is 10.2. The number of benzene rings is 1. The van der Waals surface area contributed by atoms with Crippen molar-refractivity contribution < 1.29 is 9.47 Å². The molecule has 6 heteroatoms. The van der Waals surface area contributed by atoms with Gasteiger partial charge in [0, 0.05) is 19.2 Å². The summed E-state index contributed by atoms with van der Waals surface area (Å²) in [4.78, 5) is 19.1. The zero-order valence-electron chi connectivity index (χ0n) is 12.0. The van der Waals surface area contributed by atoms with E-state index in [0.29, 0.717) is 16.6 Å². The molecule has 0 saturated heterocycles. The van der Waals surface area contributed by atoms with Crippen molar-refractivity contribution in [1.82, 2.24) is 9.97 Å². The van der Waals surface area contributed by atoms with Crippen LogP contribution in [0.4, 0.5) is 5.69 Å². The number of nitrogens with zero attached hydrogens (tertiary/aromatic N) is 1. The SMILES string of the molecule is COC1CCCC(Oc2nc3ccc(N)cc3c(=O)[nH]2)C1. The number of H-pyrrole nitrogens is 1. The summed E-state index contributed by atoms with van der Waals surface area (Å²) in [5.41, 5.74) is 6.58. The molecule has 1 aromatic heterocycles. The van der Waals surface area contributed by atoms with Crippen LogP contribution in [-0.4, -0.2) is 29.3 Å². The normalized spacial score (nSPS) is 22.3. The number of methoxy groups -OCH3 is 1. The number of fused-ring (bicyclic) bond motifs is 1. The van der Waals surface area contributed by atoms with Gasteiger partial charge in [0.1, 0.15) is 6.10 Å². The highest BCUT2D eigenvalue weighted by Crippen LogP contribution is 2.24. The molecule has 0 radical (unpaired) electrons. The van der Waals surface area contributed by atoms with Gasteiger partial charge in [-0.3, -0.25) is 9.78 Å². The molecule has 1 saturated carbocycles. The van der Waals surface area contributed by atoms with E-state index in [0.717, 1.165) is 25.7 Å². The average molecular weight is 289 g/mol. The number of nitrogen functional groups attached to an aromatic ring is 1. The van der Waals surface area contributed by atoms with Crippen LogP contribution in [0.2, 0.25) is 0 Å². The van der Waals surface area contributed by atoms with E-state index in [9.17, 15) is 4.79 Å². The molecule has 1 aliphatic rings. The van der Waals surface area contributed by atoms with E-state index in [-0.39, 0.29) is 23.8 Å². The molecule has 6 nitrogen and oxygen atoms in total. The minimum atomic E-state index is -0.235. The monoisotopic (exact) mass is 289 g/mol. The Labute approximate surface area is 122 Å². The standard InChI is InChI=1S/C15H19N3O3/c1-20-10-3-2-4-11(8-10)21-15-17-13-6-5-9(16)7-12(13)14(19)18-15/h5-7,10-11H,2-4,8,16H2,1H3,(H,17,18,19). The Morgan fingerprint density at radius 2 is 2.14 bits per heavy atom. The van der Waals surface area contributed by atoms with Crippen LogP contribution in [0.15, 0.2) is 23.0 Å². The molecule has 1 heterocycles. The van der Waals surface area contributed by atoms with Gasteiger partial charge in [0.2, 0.25) is 0 Å². The summed E-state index contributed by atoms with van der Waals surface area (Å²) >= 11 is 0. The number of nitrogens with one attached hydrogen (secondary N) is 1. The van der Waals surface area contributed by atoms with Gasteiger partial charge in [-0.2, -0.15) is 4.98 Å². The van der Waals surface area contributed by atoms with Crippen molar-refractivity contribution >= 4 is 16.6 Å². The van der Waals surface area contributed by atoms with Gasteiger partial charge in [0.05, 0.1) is 17.0 Å². The molecule has 1 aliphatic carbocycles. The van der Waals surface area contributed by atoms with E-state index < -0.39 is 0 Å². The Hall–Kier alpha value is -2.08. The van der Waals surface area contributed by atoms with Crippen molar-refractivity contribution in [3.63, 3.8) is 0 Å². The maximum atomic E-state index is 12.1. The van der Waals surface area contributed by atoms with Crippen molar-refractivity contribution in [1.29, 1.82) is 0 Å². The van der Waals surface area contributed by atoms with Crippen molar-refractivity contribution in [2.75, 3.05) is 12.8 Å². The molecule has 0 amide bonds. The zero-order valence-corrected chi connectivity index (χ0v) is 12.0. The molecule has 0 bridgehead atoms. The van der Waals surface area contributed by atoms with E-state index in [4.69, 9.17) is 15.2 Å². The number of ether oxygens (including phenoxy) is 2. The minimum absolute atomic E-state index is 0.0260. The summed E-state index contributed by atoms with van der Waals surface area (Å²) in [6.45, 7) is 0. The highest BCUT2D eigenvalue weighted by molar-refractivity contribution is 5.81. The second-order valence-corrected chi connectivity index (χ2v) is 5.41. The molecule has 2 atom stereocenters. The molecule has 112 valence electrons.